The SMILES string of the molecule is COC(C)COc1cccnc1N. The van der Waals surface area contributed by atoms with E-state index < -0.39 is 0 Å². The number of nitrogens with two attached hydrogens (primary N) is 1. The van der Waals surface area contributed by atoms with Gasteiger partial charge in [-0.25, -0.2) is 4.98 Å². The first-order valence-electron chi connectivity index (χ1n) is 4.10. The zero-order valence-electron chi connectivity index (χ0n) is 7.86. The monoisotopic (exact) mass is 182 g/mol. The molecule has 0 aliphatic carbocycles. The van der Waals surface area contributed by atoms with E-state index in [1.54, 1.807) is 25.4 Å². The number of aromatic nitrogens is 1. The third-order valence-electron chi connectivity index (χ3n) is 1.68. The van der Waals surface area contributed by atoms with Gasteiger partial charge in [0.1, 0.15) is 6.61 Å². The van der Waals surface area contributed by atoms with Gasteiger partial charge in [-0.2, -0.15) is 0 Å². The number of methoxy groups -OCH3 is 1. The highest BCUT2D eigenvalue weighted by atomic mass is 16.5. The highest BCUT2D eigenvalue weighted by Gasteiger charge is 2.03. The van der Waals surface area contributed by atoms with Gasteiger partial charge in [0.25, 0.3) is 0 Å². The van der Waals surface area contributed by atoms with Crippen LogP contribution in [0.3, 0.4) is 0 Å². The number of nitrogens with zero attached hydrogens (tertiary/aromatic N) is 1. The summed E-state index contributed by atoms with van der Waals surface area (Å²) in [5.41, 5.74) is 5.57. The van der Waals surface area contributed by atoms with Gasteiger partial charge in [-0.05, 0) is 19.1 Å². The van der Waals surface area contributed by atoms with Gasteiger partial charge in [-0.3, -0.25) is 0 Å². The maximum atomic E-state index is 5.57. The van der Waals surface area contributed by atoms with Crippen molar-refractivity contribution in [2.24, 2.45) is 0 Å². The van der Waals surface area contributed by atoms with E-state index in [9.17, 15) is 0 Å². The van der Waals surface area contributed by atoms with Crippen LogP contribution in [-0.4, -0.2) is 24.8 Å². The second kappa shape index (κ2) is 4.67. The van der Waals surface area contributed by atoms with Gasteiger partial charge < -0.3 is 15.2 Å². The third kappa shape index (κ3) is 2.91. The summed E-state index contributed by atoms with van der Waals surface area (Å²) < 4.78 is 10.4. The topological polar surface area (TPSA) is 57.4 Å². The van der Waals surface area contributed by atoms with Crippen molar-refractivity contribution in [3.05, 3.63) is 18.3 Å². The standard InChI is InChI=1S/C9H14N2O2/c1-7(12-2)6-13-8-4-3-5-11-9(8)10/h3-5,7H,6H2,1-2H3,(H2,10,11). The van der Waals surface area contributed by atoms with Crippen LogP contribution >= 0.6 is 0 Å². The van der Waals surface area contributed by atoms with Crippen molar-refractivity contribution in [3.63, 3.8) is 0 Å². The second-order valence-electron chi connectivity index (χ2n) is 2.74. The zero-order valence-corrected chi connectivity index (χ0v) is 7.86. The molecule has 72 valence electrons. The number of hydrogen-bond acceptors (Lipinski definition) is 4. The van der Waals surface area contributed by atoms with E-state index in [1.165, 1.54) is 0 Å². The van der Waals surface area contributed by atoms with Crippen LogP contribution in [0.5, 0.6) is 5.75 Å². The molecule has 0 saturated carbocycles. The van der Waals surface area contributed by atoms with E-state index in [-0.39, 0.29) is 6.10 Å². The van der Waals surface area contributed by atoms with Gasteiger partial charge in [0.05, 0.1) is 6.10 Å². The lowest BCUT2D eigenvalue weighted by atomic mass is 10.4. The molecule has 1 aromatic heterocycles. The van der Waals surface area contributed by atoms with Crippen LogP contribution in [0.1, 0.15) is 6.92 Å². The molecule has 0 radical (unpaired) electrons. The van der Waals surface area contributed by atoms with Crippen LogP contribution in [-0.2, 0) is 4.74 Å². The van der Waals surface area contributed by atoms with Crippen LogP contribution in [0.4, 0.5) is 5.82 Å². The predicted octanol–water partition coefficient (Wildman–Crippen LogP) is 1.08. The van der Waals surface area contributed by atoms with Crippen molar-refractivity contribution in [1.29, 1.82) is 0 Å². The van der Waals surface area contributed by atoms with Crippen molar-refractivity contribution < 1.29 is 9.47 Å². The molecule has 0 bridgehead atoms. The van der Waals surface area contributed by atoms with Crippen LogP contribution in [0.2, 0.25) is 0 Å². The van der Waals surface area contributed by atoms with Crippen molar-refractivity contribution in [1.82, 2.24) is 4.98 Å². The molecule has 1 aromatic rings. The largest absolute Gasteiger partial charge is 0.487 e. The molecule has 2 N–H and O–H groups in total. The number of anilines is 1. The van der Waals surface area contributed by atoms with Crippen LogP contribution in [0.25, 0.3) is 0 Å². The average Bonchev–Trinajstić information content (AvgIpc) is 2.16. The first kappa shape index (κ1) is 9.80. The van der Waals surface area contributed by atoms with Crippen LogP contribution in [0, 0.1) is 0 Å². The van der Waals surface area contributed by atoms with Crippen molar-refractivity contribution in [3.8, 4) is 5.75 Å². The summed E-state index contributed by atoms with van der Waals surface area (Å²) in [6.07, 6.45) is 1.68. The number of pyridine rings is 1. The lowest BCUT2D eigenvalue weighted by Gasteiger charge is -2.11. The predicted molar refractivity (Wildman–Crippen MR) is 50.6 cm³/mol. The fourth-order valence-electron chi connectivity index (χ4n) is 0.800. The summed E-state index contributed by atoms with van der Waals surface area (Å²) in [5, 5.41) is 0. The van der Waals surface area contributed by atoms with E-state index in [0.29, 0.717) is 18.2 Å². The minimum atomic E-state index is 0.0552. The summed E-state index contributed by atoms with van der Waals surface area (Å²) >= 11 is 0. The van der Waals surface area contributed by atoms with Gasteiger partial charge >= 0.3 is 0 Å². The molecular weight excluding hydrogens is 168 g/mol. The van der Waals surface area contributed by atoms with Gasteiger partial charge in [0.15, 0.2) is 11.6 Å². The van der Waals surface area contributed by atoms with Gasteiger partial charge in [-0.1, -0.05) is 0 Å². The number of hydrogen-bond donors (Lipinski definition) is 1. The molecule has 1 heterocycles. The third-order valence-corrected chi connectivity index (χ3v) is 1.68. The van der Waals surface area contributed by atoms with Crippen molar-refractivity contribution in [2.75, 3.05) is 19.5 Å². The van der Waals surface area contributed by atoms with E-state index in [1.807, 2.05) is 6.92 Å². The van der Waals surface area contributed by atoms with Gasteiger partial charge in [0, 0.05) is 13.3 Å². The molecule has 0 aliphatic rings. The molecule has 1 rings (SSSR count). The average molecular weight is 182 g/mol. The summed E-state index contributed by atoms with van der Waals surface area (Å²) in [4.78, 5) is 3.89. The summed E-state index contributed by atoms with van der Waals surface area (Å²) in [7, 11) is 1.64. The molecular formula is C9H14N2O2. The minimum absolute atomic E-state index is 0.0552. The molecule has 1 unspecified atom stereocenters. The molecule has 0 amide bonds. The van der Waals surface area contributed by atoms with E-state index in [4.69, 9.17) is 15.2 Å². The first-order chi connectivity index (χ1) is 6.24. The minimum Gasteiger partial charge on any atom is -0.487 e. The Morgan fingerprint density at radius 3 is 3.00 bits per heavy atom. The Bertz CT molecular complexity index is 266. The molecule has 0 aromatic carbocycles. The molecule has 0 aliphatic heterocycles. The van der Waals surface area contributed by atoms with Crippen molar-refractivity contribution >= 4 is 5.82 Å². The Balaban J connectivity index is 2.50. The van der Waals surface area contributed by atoms with Crippen LogP contribution in [0.15, 0.2) is 18.3 Å². The summed E-state index contributed by atoms with van der Waals surface area (Å²) in [5.74, 6) is 1.01. The van der Waals surface area contributed by atoms with E-state index in [2.05, 4.69) is 4.98 Å². The molecule has 0 spiro atoms. The number of ether oxygens (including phenoxy) is 2. The molecule has 4 nitrogen and oxygen atoms in total. The van der Waals surface area contributed by atoms with Crippen molar-refractivity contribution in [2.45, 2.75) is 13.0 Å². The maximum absolute atomic E-state index is 5.57. The summed E-state index contributed by atoms with van der Waals surface area (Å²) in [6, 6.07) is 3.56. The Labute approximate surface area is 77.7 Å². The molecule has 4 heteroatoms. The normalized spacial score (nSPS) is 12.5. The van der Waals surface area contributed by atoms with E-state index in [0.717, 1.165) is 0 Å². The van der Waals surface area contributed by atoms with Gasteiger partial charge in [-0.15, -0.1) is 0 Å². The lowest BCUT2D eigenvalue weighted by molar-refractivity contribution is 0.0718. The lowest BCUT2D eigenvalue weighted by Crippen LogP contribution is -2.16. The number of rotatable bonds is 4. The fourth-order valence-corrected chi connectivity index (χ4v) is 0.800. The molecule has 13 heavy (non-hydrogen) atoms. The second-order valence-corrected chi connectivity index (χ2v) is 2.74. The highest BCUT2D eigenvalue weighted by Crippen LogP contribution is 2.16. The molecule has 0 saturated heterocycles. The smallest absolute Gasteiger partial charge is 0.166 e. The quantitative estimate of drug-likeness (QED) is 0.757. The maximum Gasteiger partial charge on any atom is 0.166 e. The molecule has 1 atom stereocenters. The summed E-state index contributed by atoms with van der Waals surface area (Å²) in [6.45, 7) is 2.40. The first-order valence-corrected chi connectivity index (χ1v) is 4.10. The number of nitrogen functional groups attached to an aromatic ring is 1. The Kier molecular flexibility index (Phi) is 3.52. The highest BCUT2D eigenvalue weighted by molar-refractivity contribution is 5.44. The zero-order chi connectivity index (χ0) is 9.68. The van der Waals surface area contributed by atoms with E-state index >= 15 is 0 Å². The van der Waals surface area contributed by atoms with Gasteiger partial charge in [0.2, 0.25) is 0 Å². The Hall–Kier alpha value is -1.29. The Morgan fingerprint density at radius 2 is 2.38 bits per heavy atom. The molecule has 0 fully saturated rings. The fraction of sp³-hybridized carbons (Fsp3) is 0.444. The van der Waals surface area contributed by atoms with Crippen LogP contribution < -0.4 is 10.5 Å². The Morgan fingerprint density at radius 1 is 1.62 bits per heavy atom.